The Morgan fingerprint density at radius 1 is 1.03 bits per heavy atom. The molecule has 4 rings (SSSR count). The Morgan fingerprint density at radius 2 is 1.84 bits per heavy atom. The maximum atomic E-state index is 13.2. The number of carbonyl (C=O) groups is 3. The van der Waals surface area contributed by atoms with E-state index in [1.807, 2.05) is 29.0 Å². The van der Waals surface area contributed by atoms with Gasteiger partial charge in [-0.15, -0.1) is 11.8 Å². The summed E-state index contributed by atoms with van der Waals surface area (Å²) in [7, 11) is 0. The number of rotatable bonds is 9. The molecule has 2 heterocycles. The summed E-state index contributed by atoms with van der Waals surface area (Å²) in [5.41, 5.74) is 1.88. The minimum Gasteiger partial charge on any atom is -0.360 e. The van der Waals surface area contributed by atoms with E-state index in [0.29, 0.717) is 22.8 Å². The fourth-order valence-corrected chi connectivity index (χ4v) is 4.77. The van der Waals surface area contributed by atoms with Gasteiger partial charge in [0.25, 0.3) is 11.8 Å². The van der Waals surface area contributed by atoms with Gasteiger partial charge in [-0.1, -0.05) is 29.4 Å². The fraction of sp³-hybridized carbons (Fsp3) is 0.111. The van der Waals surface area contributed by atoms with Crippen LogP contribution in [0.15, 0.2) is 92.6 Å². The van der Waals surface area contributed by atoms with Crippen molar-refractivity contribution in [3.8, 4) is 0 Å². The molecule has 188 valence electrons. The zero-order valence-electron chi connectivity index (χ0n) is 20.1. The predicted molar refractivity (Wildman–Crippen MR) is 146 cm³/mol. The van der Waals surface area contributed by atoms with Gasteiger partial charge in [-0.05, 0) is 72.6 Å². The van der Waals surface area contributed by atoms with Gasteiger partial charge in [-0.25, -0.2) is 0 Å². The molecule has 0 aliphatic carbocycles. The zero-order chi connectivity index (χ0) is 26.2. The minimum atomic E-state index is -0.468. The molecule has 3 amide bonds. The van der Waals surface area contributed by atoms with E-state index in [1.54, 1.807) is 68.5 Å². The molecule has 0 radical (unpaired) electrons. The molecule has 1 unspecified atom stereocenters. The summed E-state index contributed by atoms with van der Waals surface area (Å²) >= 11 is 2.82. The third-order valence-corrected chi connectivity index (χ3v) is 6.83. The molecular weight excluding hydrogens is 508 g/mol. The number of nitrogens with one attached hydrogen (secondary N) is 3. The highest BCUT2D eigenvalue weighted by molar-refractivity contribution is 8.00. The summed E-state index contributed by atoms with van der Waals surface area (Å²) in [5.74, 6) is -0.115. The Balaban J connectivity index is 1.44. The highest BCUT2D eigenvalue weighted by Crippen LogP contribution is 2.27. The van der Waals surface area contributed by atoms with Crippen LogP contribution in [0.5, 0.6) is 0 Å². The zero-order valence-corrected chi connectivity index (χ0v) is 21.7. The van der Waals surface area contributed by atoms with E-state index in [0.717, 1.165) is 10.5 Å². The number of thioether (sulfide) groups is 1. The van der Waals surface area contributed by atoms with Gasteiger partial charge in [-0.2, -0.15) is 11.3 Å². The number of amides is 3. The topological polar surface area (TPSA) is 113 Å². The van der Waals surface area contributed by atoms with Crippen molar-refractivity contribution in [2.24, 2.45) is 0 Å². The number of aromatic nitrogens is 1. The second-order valence-corrected chi connectivity index (χ2v) is 10.2. The van der Waals surface area contributed by atoms with Crippen molar-refractivity contribution in [3.63, 3.8) is 0 Å². The Hall–Kier alpha value is -4.15. The van der Waals surface area contributed by atoms with Gasteiger partial charge in [0, 0.05) is 22.2 Å². The van der Waals surface area contributed by atoms with Crippen molar-refractivity contribution in [1.29, 1.82) is 0 Å². The van der Waals surface area contributed by atoms with Gasteiger partial charge in [0.2, 0.25) is 5.91 Å². The quantitative estimate of drug-likeness (QED) is 0.192. The molecule has 0 saturated carbocycles. The van der Waals surface area contributed by atoms with Gasteiger partial charge in [0.1, 0.15) is 11.5 Å². The summed E-state index contributed by atoms with van der Waals surface area (Å²) < 4.78 is 4.98. The highest BCUT2D eigenvalue weighted by atomic mass is 32.2. The van der Waals surface area contributed by atoms with Crippen LogP contribution in [-0.2, 0) is 9.59 Å². The molecule has 1 atom stereocenters. The first-order valence-electron chi connectivity index (χ1n) is 11.3. The monoisotopic (exact) mass is 532 g/mol. The van der Waals surface area contributed by atoms with Crippen molar-refractivity contribution < 1.29 is 18.9 Å². The highest BCUT2D eigenvalue weighted by Gasteiger charge is 2.18. The molecule has 8 nitrogen and oxygen atoms in total. The second-order valence-electron chi connectivity index (χ2n) is 7.99. The number of carbonyl (C=O) groups excluding carboxylic acids is 3. The number of hydrogen-bond acceptors (Lipinski definition) is 7. The van der Waals surface area contributed by atoms with Crippen LogP contribution in [-0.4, -0.2) is 28.1 Å². The first kappa shape index (κ1) is 25.9. The number of thiophene rings is 1. The van der Waals surface area contributed by atoms with Gasteiger partial charge in [0.05, 0.1) is 5.25 Å². The summed E-state index contributed by atoms with van der Waals surface area (Å²) in [6, 6.07) is 19.3. The molecule has 0 fully saturated rings. The van der Waals surface area contributed by atoms with E-state index in [2.05, 4.69) is 21.1 Å². The Labute approximate surface area is 222 Å². The van der Waals surface area contributed by atoms with Crippen LogP contribution in [0.1, 0.15) is 28.6 Å². The van der Waals surface area contributed by atoms with Gasteiger partial charge in [-0.3, -0.25) is 14.4 Å². The van der Waals surface area contributed by atoms with Crippen LogP contribution in [0.2, 0.25) is 0 Å². The Kier molecular flexibility index (Phi) is 8.55. The Morgan fingerprint density at radius 3 is 2.54 bits per heavy atom. The molecule has 4 aromatic rings. The third kappa shape index (κ3) is 7.42. The van der Waals surface area contributed by atoms with Crippen molar-refractivity contribution >= 4 is 58.4 Å². The molecule has 37 heavy (non-hydrogen) atoms. The Bertz CT molecular complexity index is 1420. The van der Waals surface area contributed by atoms with E-state index in [1.165, 1.54) is 23.1 Å². The van der Waals surface area contributed by atoms with Crippen LogP contribution in [0.3, 0.4) is 0 Å². The average molecular weight is 533 g/mol. The third-order valence-electron chi connectivity index (χ3n) is 5.04. The molecule has 0 spiro atoms. The molecule has 2 aromatic heterocycles. The molecule has 10 heteroatoms. The number of hydrogen-bond donors (Lipinski definition) is 3. The smallest absolute Gasteiger partial charge is 0.272 e. The molecular formula is C27H24N4O4S2. The number of aryl methyl sites for hydroxylation is 1. The molecule has 2 aromatic carbocycles. The predicted octanol–water partition coefficient (Wildman–Crippen LogP) is 5.57. The second kappa shape index (κ2) is 12.2. The lowest BCUT2D eigenvalue weighted by atomic mass is 10.2. The molecule has 0 aliphatic rings. The SMILES string of the molecule is Cc1cc(NC(=O)C(C)Sc2cccc(NC(=O)/C(=C/c3ccsc3)NC(=O)c3ccccc3)c2)no1. The van der Waals surface area contributed by atoms with Crippen molar-refractivity contribution in [3.05, 3.63) is 100 Å². The fourth-order valence-electron chi connectivity index (χ4n) is 3.22. The van der Waals surface area contributed by atoms with E-state index in [-0.39, 0.29) is 17.5 Å². The first-order valence-corrected chi connectivity index (χ1v) is 13.1. The minimum absolute atomic E-state index is 0.112. The van der Waals surface area contributed by atoms with E-state index in [9.17, 15) is 14.4 Å². The lowest BCUT2D eigenvalue weighted by molar-refractivity contribution is -0.115. The van der Waals surface area contributed by atoms with Crippen LogP contribution in [0.4, 0.5) is 11.5 Å². The maximum Gasteiger partial charge on any atom is 0.272 e. The van der Waals surface area contributed by atoms with Crippen LogP contribution < -0.4 is 16.0 Å². The average Bonchev–Trinajstić information content (AvgIpc) is 3.55. The molecule has 0 bridgehead atoms. The summed E-state index contributed by atoms with van der Waals surface area (Å²) in [5, 5.41) is 15.4. The van der Waals surface area contributed by atoms with E-state index >= 15 is 0 Å². The summed E-state index contributed by atoms with van der Waals surface area (Å²) in [4.78, 5) is 39.2. The lowest BCUT2D eigenvalue weighted by Crippen LogP contribution is -2.30. The normalized spacial score (nSPS) is 12.0. The number of benzene rings is 2. The summed E-state index contributed by atoms with van der Waals surface area (Å²) in [6.45, 7) is 3.52. The van der Waals surface area contributed by atoms with Crippen LogP contribution in [0, 0.1) is 6.92 Å². The van der Waals surface area contributed by atoms with Crippen molar-refractivity contribution in [1.82, 2.24) is 10.5 Å². The number of nitrogens with zero attached hydrogens (tertiary/aromatic N) is 1. The van der Waals surface area contributed by atoms with E-state index in [4.69, 9.17) is 4.52 Å². The molecule has 0 aliphatic heterocycles. The summed E-state index contributed by atoms with van der Waals surface area (Å²) in [6.07, 6.45) is 1.63. The van der Waals surface area contributed by atoms with Crippen LogP contribution in [0.25, 0.3) is 6.08 Å². The molecule has 0 saturated heterocycles. The van der Waals surface area contributed by atoms with Gasteiger partial charge >= 0.3 is 0 Å². The van der Waals surface area contributed by atoms with Gasteiger partial charge in [0.15, 0.2) is 5.82 Å². The maximum absolute atomic E-state index is 13.2. The number of anilines is 2. The lowest BCUT2D eigenvalue weighted by Gasteiger charge is -2.13. The standard InChI is InChI=1S/C27H24N4O4S2/c1-17-13-24(31-35-17)30-25(32)18(2)37-22-10-6-9-21(15-22)28-27(34)23(14-19-11-12-36-16-19)29-26(33)20-7-4-3-5-8-20/h3-16,18H,1-2H3,(H,28,34)(H,29,33)(H,30,31,32)/b23-14-. The largest absolute Gasteiger partial charge is 0.360 e. The molecule has 3 N–H and O–H groups in total. The van der Waals surface area contributed by atoms with Gasteiger partial charge < -0.3 is 20.5 Å². The van der Waals surface area contributed by atoms with E-state index < -0.39 is 11.2 Å². The first-order chi connectivity index (χ1) is 17.9. The van der Waals surface area contributed by atoms with Crippen molar-refractivity contribution in [2.45, 2.75) is 24.0 Å². The van der Waals surface area contributed by atoms with Crippen molar-refractivity contribution in [2.75, 3.05) is 10.6 Å². The van der Waals surface area contributed by atoms with Crippen LogP contribution >= 0.6 is 23.1 Å².